The number of carbonyl (C=O) groups excluding carboxylic acids is 3. The third-order valence-corrected chi connectivity index (χ3v) is 8.87. The summed E-state index contributed by atoms with van der Waals surface area (Å²) in [6.07, 6.45) is 1.16. The standard InChI is InChI=1S/C25H22ClNO3.C10H18N4O4S3/c1-17(2)24(18-11-13-20(26)14-12-18)25(28)30-23(16-27)19-7-6-10-22(15-19)29-21-8-4-3-5-9-21;1-7(19-5)11-17-9(15)13(3)21-14(4)10(16)18-12-8(2)20-6/h3-15,17,23-24H,1-2H3;1-6H3/b;11-7-,12-8-/t23-,24+;/m1./s1. The first-order chi connectivity index (χ1) is 24.3. The molecule has 272 valence electrons. The number of hydrogen-bond donors (Lipinski definition) is 0. The summed E-state index contributed by atoms with van der Waals surface area (Å²) in [5.74, 6) is 0.289. The number of rotatable bonds is 11. The molecule has 0 aliphatic heterocycles. The predicted octanol–water partition coefficient (Wildman–Crippen LogP) is 9.76. The monoisotopic (exact) mass is 773 g/mol. The molecule has 0 aromatic heterocycles. The molecule has 0 heterocycles. The van der Waals surface area contributed by atoms with Gasteiger partial charge in [0.25, 0.3) is 0 Å². The fourth-order valence-electron chi connectivity index (χ4n) is 3.83. The van der Waals surface area contributed by atoms with Crippen molar-refractivity contribution in [1.82, 2.24) is 8.61 Å². The Kier molecular flexibility index (Phi) is 18.8. The topological polar surface area (TPSA) is 143 Å². The highest BCUT2D eigenvalue weighted by Gasteiger charge is 2.29. The molecule has 2 amide bonds. The van der Waals surface area contributed by atoms with Gasteiger partial charge in [-0.15, -0.1) is 23.5 Å². The number of benzene rings is 3. The zero-order chi connectivity index (χ0) is 37.9. The van der Waals surface area contributed by atoms with Gasteiger partial charge in [0.05, 0.1) is 18.1 Å². The van der Waals surface area contributed by atoms with Crippen molar-refractivity contribution < 1.29 is 33.5 Å². The number of esters is 1. The number of nitriles is 1. The normalized spacial score (nSPS) is 12.3. The van der Waals surface area contributed by atoms with Crippen molar-refractivity contribution >= 4 is 75.5 Å². The van der Waals surface area contributed by atoms with Crippen LogP contribution in [0, 0.1) is 17.2 Å². The molecule has 0 aliphatic rings. The molecule has 0 N–H and O–H groups in total. The first-order valence-electron chi connectivity index (χ1n) is 15.2. The molecule has 0 fully saturated rings. The summed E-state index contributed by atoms with van der Waals surface area (Å²) in [6, 6.07) is 25.5. The largest absolute Gasteiger partial charge is 0.457 e. The quantitative estimate of drug-likeness (QED) is 0.0459. The third-order valence-electron chi connectivity index (χ3n) is 6.50. The van der Waals surface area contributed by atoms with Gasteiger partial charge in [0, 0.05) is 24.7 Å². The van der Waals surface area contributed by atoms with Crippen LogP contribution >= 0.6 is 47.3 Å². The van der Waals surface area contributed by atoms with Gasteiger partial charge in [-0.3, -0.25) is 14.5 Å². The summed E-state index contributed by atoms with van der Waals surface area (Å²) in [7, 11) is 2.88. The zero-order valence-corrected chi connectivity index (χ0v) is 32.6. The highest BCUT2D eigenvalue weighted by Crippen LogP contribution is 2.31. The fourth-order valence-corrected chi connectivity index (χ4v) is 4.75. The number of amides is 2. The summed E-state index contributed by atoms with van der Waals surface area (Å²) in [6.45, 7) is 7.30. The smallest absolute Gasteiger partial charge is 0.447 e. The number of nitrogens with zero attached hydrogens (tertiary/aromatic N) is 5. The van der Waals surface area contributed by atoms with Crippen molar-refractivity contribution in [2.75, 3.05) is 26.6 Å². The third kappa shape index (κ3) is 15.2. The van der Waals surface area contributed by atoms with E-state index >= 15 is 0 Å². The highest BCUT2D eigenvalue weighted by atomic mass is 35.5. The molecule has 0 radical (unpaired) electrons. The molecule has 12 nitrogen and oxygen atoms in total. The molecule has 3 aromatic carbocycles. The summed E-state index contributed by atoms with van der Waals surface area (Å²) in [5.41, 5.74) is 1.36. The number of ether oxygens (including phenoxy) is 2. The molecular weight excluding hydrogens is 734 g/mol. The van der Waals surface area contributed by atoms with Crippen LogP contribution in [0.15, 0.2) is 89.2 Å². The number of carbonyl (C=O) groups is 3. The molecule has 3 rings (SSSR count). The van der Waals surface area contributed by atoms with E-state index in [1.807, 2.05) is 68.8 Å². The van der Waals surface area contributed by atoms with Crippen molar-refractivity contribution in [1.29, 1.82) is 5.26 Å². The lowest BCUT2D eigenvalue weighted by Gasteiger charge is -2.22. The SMILES string of the molecule is CC(C)[C@H](C(=O)O[C@H](C#N)c1cccc(Oc2ccccc2)c1)c1ccc(Cl)cc1.CS/C(C)=N\OC(=O)N(C)SN(C)C(=O)O/N=C(/C)SC. The Labute approximate surface area is 316 Å². The second-order valence-corrected chi connectivity index (χ2v) is 14.3. The lowest BCUT2D eigenvalue weighted by atomic mass is 9.88. The van der Waals surface area contributed by atoms with Crippen molar-refractivity contribution in [3.05, 3.63) is 95.0 Å². The van der Waals surface area contributed by atoms with Crippen molar-refractivity contribution in [2.45, 2.75) is 39.7 Å². The maximum Gasteiger partial charge on any atom is 0.447 e. The van der Waals surface area contributed by atoms with Crippen molar-refractivity contribution in [3.63, 3.8) is 0 Å². The van der Waals surface area contributed by atoms with Gasteiger partial charge in [-0.2, -0.15) is 5.26 Å². The van der Waals surface area contributed by atoms with Crippen molar-refractivity contribution in [3.8, 4) is 17.6 Å². The van der Waals surface area contributed by atoms with E-state index in [9.17, 15) is 19.6 Å². The lowest BCUT2D eigenvalue weighted by Crippen LogP contribution is -2.28. The van der Waals surface area contributed by atoms with E-state index in [-0.39, 0.29) is 5.92 Å². The first-order valence-corrected chi connectivity index (χ1v) is 18.8. The van der Waals surface area contributed by atoms with Crippen LogP contribution in [0.3, 0.4) is 0 Å². The Hall–Kier alpha value is -4.36. The van der Waals surface area contributed by atoms with Crippen LogP contribution < -0.4 is 4.74 Å². The first kappa shape index (κ1) is 42.8. The predicted molar refractivity (Wildman–Crippen MR) is 206 cm³/mol. The van der Waals surface area contributed by atoms with Gasteiger partial charge in [-0.05, 0) is 74.2 Å². The highest BCUT2D eigenvalue weighted by molar-refractivity contribution is 8.13. The van der Waals surface area contributed by atoms with E-state index in [1.165, 1.54) is 37.6 Å². The minimum atomic E-state index is -1.04. The number of hydrogen-bond acceptors (Lipinski definition) is 13. The van der Waals surface area contributed by atoms with Gasteiger partial charge in [-0.1, -0.05) is 78.2 Å². The van der Waals surface area contributed by atoms with Gasteiger partial charge >= 0.3 is 18.2 Å². The van der Waals surface area contributed by atoms with Crippen molar-refractivity contribution in [2.24, 2.45) is 16.2 Å². The summed E-state index contributed by atoms with van der Waals surface area (Å²) in [5, 5.41) is 18.7. The molecule has 51 heavy (non-hydrogen) atoms. The Morgan fingerprint density at radius 3 is 1.80 bits per heavy atom. The molecule has 2 atom stereocenters. The average Bonchev–Trinajstić information content (AvgIpc) is 3.12. The molecule has 0 unspecified atom stereocenters. The molecule has 0 saturated carbocycles. The van der Waals surface area contributed by atoms with Gasteiger partial charge in [0.2, 0.25) is 6.10 Å². The van der Waals surface area contributed by atoms with Crippen LogP contribution in [0.5, 0.6) is 11.5 Å². The second kappa shape index (κ2) is 22.5. The summed E-state index contributed by atoms with van der Waals surface area (Å²) >= 11 is 9.47. The molecular formula is C35H40ClN5O7S3. The van der Waals surface area contributed by atoms with E-state index in [4.69, 9.17) is 21.1 Å². The van der Waals surface area contributed by atoms with E-state index in [0.29, 0.717) is 32.2 Å². The number of thioether (sulfide) groups is 2. The molecule has 0 bridgehead atoms. The van der Waals surface area contributed by atoms with Crippen LogP contribution in [0.2, 0.25) is 5.02 Å². The molecule has 0 saturated heterocycles. The zero-order valence-electron chi connectivity index (χ0n) is 29.4. The Morgan fingerprint density at radius 1 is 0.784 bits per heavy atom. The Balaban J connectivity index is 0.000000380. The molecule has 16 heteroatoms. The minimum absolute atomic E-state index is 0.00855. The maximum absolute atomic E-state index is 13.0. The van der Waals surface area contributed by atoms with Crippen LogP contribution in [-0.4, -0.2) is 63.5 Å². The second-order valence-electron chi connectivity index (χ2n) is 10.6. The van der Waals surface area contributed by atoms with E-state index in [0.717, 1.165) is 26.3 Å². The number of para-hydroxylation sites is 1. The Morgan fingerprint density at radius 2 is 1.31 bits per heavy atom. The molecule has 0 aliphatic carbocycles. The lowest BCUT2D eigenvalue weighted by molar-refractivity contribution is -0.150. The minimum Gasteiger partial charge on any atom is -0.457 e. The van der Waals surface area contributed by atoms with Crippen LogP contribution in [0.4, 0.5) is 9.59 Å². The Bertz CT molecular complexity index is 1650. The number of halogens is 1. The van der Waals surface area contributed by atoms with Crippen LogP contribution in [-0.2, 0) is 19.2 Å². The average molecular weight is 774 g/mol. The summed E-state index contributed by atoms with van der Waals surface area (Å²) in [4.78, 5) is 45.5. The number of oxime groups is 2. The van der Waals surface area contributed by atoms with E-state index in [1.54, 1.807) is 50.2 Å². The van der Waals surface area contributed by atoms with Gasteiger partial charge in [-0.25, -0.2) is 18.2 Å². The fraction of sp³-hybridized carbons (Fsp3) is 0.314. The van der Waals surface area contributed by atoms with E-state index in [2.05, 4.69) is 26.1 Å². The van der Waals surface area contributed by atoms with Crippen LogP contribution in [0.25, 0.3) is 0 Å². The van der Waals surface area contributed by atoms with Gasteiger partial charge in [0.1, 0.15) is 27.7 Å². The van der Waals surface area contributed by atoms with Gasteiger partial charge < -0.3 is 9.47 Å². The molecule has 3 aromatic rings. The van der Waals surface area contributed by atoms with Crippen LogP contribution in [0.1, 0.15) is 50.8 Å². The van der Waals surface area contributed by atoms with E-state index < -0.39 is 30.2 Å². The summed E-state index contributed by atoms with van der Waals surface area (Å²) < 4.78 is 13.6. The maximum atomic E-state index is 13.0. The molecule has 0 spiro atoms. The van der Waals surface area contributed by atoms with Gasteiger partial charge in [0.15, 0.2) is 0 Å².